The molecule has 0 radical (unpaired) electrons. The quantitative estimate of drug-likeness (QED) is 0.0597. The number of piperidine rings is 1. The zero-order chi connectivity index (χ0) is 67.7. The average molecular weight is 1350 g/mol. The van der Waals surface area contributed by atoms with Crippen molar-refractivity contribution >= 4 is 73.4 Å². The Morgan fingerprint density at radius 3 is 1.97 bits per heavy atom. The molecule has 2 unspecified atom stereocenters. The molecule has 0 amide bonds. The van der Waals surface area contributed by atoms with Gasteiger partial charge in [0.2, 0.25) is 0 Å². The van der Waals surface area contributed by atoms with Gasteiger partial charge in [-0.05, 0) is 141 Å². The van der Waals surface area contributed by atoms with Crippen LogP contribution in [0.25, 0.3) is 44.5 Å². The number of methoxy groups -OCH3 is 1. The van der Waals surface area contributed by atoms with E-state index in [1.165, 1.54) is 18.2 Å². The number of carbonyl (C=O) groups is 3. The number of aromatic nitrogens is 6. The maximum Gasteiger partial charge on any atom is 0.417 e. The molecule has 2 fully saturated rings. The number of alkyl halides is 3. The van der Waals surface area contributed by atoms with Gasteiger partial charge in [-0.15, -0.1) is 10.2 Å². The fourth-order valence-electron chi connectivity index (χ4n) is 10.9. The van der Waals surface area contributed by atoms with Crippen LogP contribution < -0.4 is 24.0 Å². The predicted molar refractivity (Wildman–Crippen MR) is 353 cm³/mol. The van der Waals surface area contributed by atoms with E-state index in [1.54, 1.807) is 72.8 Å². The fraction of sp³-hybridized carbons (Fsp3) is 0.229. The third kappa shape index (κ3) is 16.6. The van der Waals surface area contributed by atoms with Crippen LogP contribution in [0, 0.1) is 12.7 Å². The largest absolute Gasteiger partial charge is 0.497 e. The van der Waals surface area contributed by atoms with Crippen molar-refractivity contribution in [1.29, 1.82) is 0 Å². The topological polar surface area (TPSA) is 207 Å². The van der Waals surface area contributed by atoms with Crippen molar-refractivity contribution in [3.63, 3.8) is 0 Å². The SMILES string of the molecule is COc1ccc(-c2cccc(C(=O)Oc3ccc(N4CC(C)OC(C)C4)nc3)c2C)cc1.CS(=O)(=O)c1ccc(C(=O)Oc2ccc(Cl)c(-c3ccccn3)c2)c(Cl)c1.Cn1nccc1-c1nnc(N2CCC(OC(=O)c3ccc(F)cc3C(F)(F)F)CC2)c2ccccc12. The first-order valence-electron chi connectivity index (χ1n) is 29.7. The fourth-order valence-corrected chi connectivity index (χ4v) is 12.1. The lowest BCUT2D eigenvalue weighted by molar-refractivity contribution is -0.138. The van der Waals surface area contributed by atoms with Crippen LogP contribution in [0.4, 0.5) is 29.2 Å². The number of ether oxygens (including phenoxy) is 5. The number of fused-ring (bicyclic) bond motifs is 1. The van der Waals surface area contributed by atoms with Crippen LogP contribution in [0.2, 0.25) is 10.0 Å². The van der Waals surface area contributed by atoms with E-state index in [0.717, 1.165) is 76.2 Å². The Balaban J connectivity index is 0.000000157. The summed E-state index contributed by atoms with van der Waals surface area (Å²) >= 11 is 12.3. The summed E-state index contributed by atoms with van der Waals surface area (Å²) in [6.45, 7) is 8.55. The number of carbonyl (C=O) groups excluding carboxylic acids is 3. The van der Waals surface area contributed by atoms with Gasteiger partial charge >= 0.3 is 24.1 Å². The van der Waals surface area contributed by atoms with Crippen molar-refractivity contribution in [3.05, 3.63) is 220 Å². The minimum absolute atomic E-state index is 0.0122. The smallest absolute Gasteiger partial charge is 0.417 e. The van der Waals surface area contributed by atoms with Crippen molar-refractivity contribution in [1.82, 2.24) is 29.9 Å². The van der Waals surface area contributed by atoms with E-state index in [2.05, 4.69) is 44.0 Å². The highest BCUT2D eigenvalue weighted by molar-refractivity contribution is 7.90. The van der Waals surface area contributed by atoms with Gasteiger partial charge in [0, 0.05) is 81.1 Å². The van der Waals surface area contributed by atoms with Gasteiger partial charge in [-0.2, -0.15) is 18.3 Å². The van der Waals surface area contributed by atoms with Crippen LogP contribution in [0.3, 0.4) is 0 Å². The van der Waals surface area contributed by atoms with Crippen LogP contribution in [-0.2, 0) is 32.5 Å². The number of aryl methyl sites for hydroxylation is 1. The van der Waals surface area contributed by atoms with Gasteiger partial charge in [0.25, 0.3) is 0 Å². The number of pyridine rings is 2. The Kier molecular flexibility index (Phi) is 21.2. The first-order chi connectivity index (χ1) is 45.4. The van der Waals surface area contributed by atoms with E-state index >= 15 is 0 Å². The number of hydrogen-bond acceptors (Lipinski definition) is 17. The first-order valence-corrected chi connectivity index (χ1v) is 32.4. The van der Waals surface area contributed by atoms with Gasteiger partial charge in [0.05, 0.1) is 74.1 Å². The van der Waals surface area contributed by atoms with Crippen LogP contribution in [0.5, 0.6) is 17.2 Å². The molecular formula is C70H62Cl2F4N8O10S. The van der Waals surface area contributed by atoms with E-state index in [9.17, 15) is 40.4 Å². The highest BCUT2D eigenvalue weighted by Gasteiger charge is 2.37. The molecule has 0 saturated carbocycles. The van der Waals surface area contributed by atoms with E-state index in [4.69, 9.17) is 46.9 Å². The van der Waals surface area contributed by atoms with Crippen molar-refractivity contribution in [2.24, 2.45) is 7.05 Å². The highest BCUT2D eigenvalue weighted by Crippen LogP contribution is 2.37. The van der Waals surface area contributed by atoms with Crippen LogP contribution in [-0.4, -0.2) is 114 Å². The Hall–Kier alpha value is -9.81. The van der Waals surface area contributed by atoms with Gasteiger partial charge in [0.1, 0.15) is 40.7 Å². The first kappa shape index (κ1) is 68.1. The normalized spacial score (nSPS) is 15.0. The van der Waals surface area contributed by atoms with Crippen molar-refractivity contribution in [2.45, 2.75) is 63.0 Å². The van der Waals surface area contributed by atoms with Crippen molar-refractivity contribution in [2.75, 3.05) is 49.3 Å². The maximum atomic E-state index is 13.4. The summed E-state index contributed by atoms with van der Waals surface area (Å²) in [6, 6.07) is 42.6. The van der Waals surface area contributed by atoms with Crippen molar-refractivity contribution in [3.8, 4) is 51.0 Å². The second kappa shape index (κ2) is 29.6. The molecule has 2 aliphatic heterocycles. The van der Waals surface area contributed by atoms with E-state index < -0.39 is 57.0 Å². The molecule has 490 valence electrons. The molecule has 4 aromatic heterocycles. The molecule has 12 rings (SSSR count). The van der Waals surface area contributed by atoms with E-state index in [1.807, 2.05) is 97.7 Å². The molecule has 0 bridgehead atoms. The highest BCUT2D eigenvalue weighted by atomic mass is 35.5. The van der Waals surface area contributed by atoms with E-state index in [0.29, 0.717) is 71.1 Å². The molecule has 0 aliphatic carbocycles. The lowest BCUT2D eigenvalue weighted by Gasteiger charge is -2.36. The molecule has 6 aromatic carbocycles. The summed E-state index contributed by atoms with van der Waals surface area (Å²) in [4.78, 5) is 50.8. The van der Waals surface area contributed by atoms with Crippen LogP contribution in [0.15, 0.2) is 181 Å². The van der Waals surface area contributed by atoms with Gasteiger partial charge in [-0.1, -0.05) is 77.8 Å². The van der Waals surface area contributed by atoms with E-state index in [-0.39, 0.29) is 33.4 Å². The second-order valence-electron chi connectivity index (χ2n) is 22.3. The third-order valence-corrected chi connectivity index (χ3v) is 17.3. The van der Waals surface area contributed by atoms with Crippen molar-refractivity contribution < 1.29 is 64.0 Å². The third-order valence-electron chi connectivity index (χ3n) is 15.6. The molecule has 0 N–H and O–H groups in total. The number of sulfone groups is 1. The molecule has 95 heavy (non-hydrogen) atoms. The standard InChI is InChI=1S/C26H28N2O4.C25H21F4N5O2.C19H13Cl2NO4S/c1-17-15-28(16-18(2)31-17)25-13-12-22(14-27-25)32-26(29)24-7-5-6-23(19(24)3)20-8-10-21(30-4)11-9-20;1-33-21(8-11-30-33)22-17-4-2-3-5-18(17)23(32-31-22)34-12-9-16(10-13-34)36-24(35)19-7-6-15(26)14-20(19)25(27,28)29;1-27(24,25)13-6-7-14(17(21)11-13)19(23)26-12-5-8-16(20)15(10-12)18-4-2-3-9-22-18/h5-14,17-18H,15-16H2,1-4H3;2-8,11,14,16H,9-10,12-13H2,1H3;2-11H,1H3. The zero-order valence-corrected chi connectivity index (χ0v) is 54.4. The number of anilines is 2. The van der Waals surface area contributed by atoms with Gasteiger partial charge in [-0.3, -0.25) is 9.67 Å². The number of halogens is 6. The summed E-state index contributed by atoms with van der Waals surface area (Å²) < 4.78 is 105. The monoisotopic (exact) mass is 1350 g/mol. The maximum absolute atomic E-state index is 13.4. The molecule has 6 heterocycles. The molecule has 0 spiro atoms. The molecule has 10 aromatic rings. The second-order valence-corrected chi connectivity index (χ2v) is 25.1. The Labute approximate surface area is 554 Å². The lowest BCUT2D eigenvalue weighted by Crippen LogP contribution is -2.45. The lowest BCUT2D eigenvalue weighted by atomic mass is 9.96. The van der Waals surface area contributed by atoms with Crippen LogP contribution >= 0.6 is 23.2 Å². The van der Waals surface area contributed by atoms with Gasteiger partial charge in [0.15, 0.2) is 15.7 Å². The Morgan fingerprint density at radius 1 is 0.653 bits per heavy atom. The summed E-state index contributed by atoms with van der Waals surface area (Å²) in [5, 5.41) is 15.4. The van der Waals surface area contributed by atoms with Gasteiger partial charge in [-0.25, -0.2) is 32.2 Å². The predicted octanol–water partition coefficient (Wildman–Crippen LogP) is 14.6. The Bertz CT molecular complexity index is 4530. The zero-order valence-electron chi connectivity index (χ0n) is 52.1. The summed E-state index contributed by atoms with van der Waals surface area (Å²) in [5.41, 5.74) is 4.17. The van der Waals surface area contributed by atoms with Crippen LogP contribution in [0.1, 0.15) is 68.9 Å². The number of nitrogens with zero attached hydrogens (tertiary/aromatic N) is 8. The summed E-state index contributed by atoms with van der Waals surface area (Å²) in [5.74, 6) is -0.310. The number of hydrogen-bond donors (Lipinski definition) is 0. The Morgan fingerprint density at radius 2 is 1.33 bits per heavy atom. The molecule has 25 heteroatoms. The summed E-state index contributed by atoms with van der Waals surface area (Å²) in [6.07, 6.45) is 1.63. The molecule has 2 aliphatic rings. The minimum Gasteiger partial charge on any atom is -0.497 e. The number of esters is 3. The molecule has 2 saturated heterocycles. The minimum atomic E-state index is -4.87. The average Bonchev–Trinajstić information content (AvgIpc) is 1.62. The molecule has 2 atom stereocenters. The van der Waals surface area contributed by atoms with Gasteiger partial charge < -0.3 is 33.5 Å². The number of morpholine rings is 1. The summed E-state index contributed by atoms with van der Waals surface area (Å²) in [7, 11) is 0.0420. The molecular weight excluding hydrogens is 1290 g/mol. The number of rotatable bonds is 13. The molecule has 18 nitrogen and oxygen atoms in total. The number of benzene rings is 6.